The molecule has 0 fully saturated rings. The van der Waals surface area contributed by atoms with Gasteiger partial charge in [0.1, 0.15) is 5.82 Å². The van der Waals surface area contributed by atoms with Crippen LogP contribution in [0, 0.1) is 5.82 Å². The van der Waals surface area contributed by atoms with Crippen LogP contribution in [0.5, 0.6) is 0 Å². The molecule has 0 amide bonds. The number of rotatable bonds is 8. The molecule has 1 atom stereocenters. The summed E-state index contributed by atoms with van der Waals surface area (Å²) < 4.78 is 50.6. The second-order valence-corrected chi connectivity index (χ2v) is 10.5. The highest BCUT2D eigenvalue weighted by Gasteiger charge is 2.20. The van der Waals surface area contributed by atoms with Gasteiger partial charge in [0, 0.05) is 27.3 Å². The van der Waals surface area contributed by atoms with Crippen molar-refractivity contribution in [3.05, 3.63) is 58.3 Å². The van der Waals surface area contributed by atoms with Crippen molar-refractivity contribution in [2.75, 3.05) is 16.6 Å². The minimum absolute atomic E-state index is 0.0690. The first-order chi connectivity index (χ1) is 12.2. The summed E-state index contributed by atoms with van der Waals surface area (Å²) in [7, 11) is -0.147. The van der Waals surface area contributed by atoms with Crippen molar-refractivity contribution in [3.63, 3.8) is 0 Å². The summed E-state index contributed by atoms with van der Waals surface area (Å²) in [6.45, 7) is 0.152. The molecule has 0 radical (unpaired) electrons. The zero-order valence-corrected chi connectivity index (χ0v) is 17.3. The van der Waals surface area contributed by atoms with E-state index in [1.807, 2.05) is 0 Å². The van der Waals surface area contributed by atoms with Crippen LogP contribution in [0.2, 0.25) is 10.0 Å². The smallest absolute Gasteiger partial charge is 0.232 e. The van der Waals surface area contributed by atoms with E-state index in [2.05, 4.69) is 0 Å². The third-order valence-electron chi connectivity index (χ3n) is 3.39. The molecule has 0 bridgehead atoms. The number of unbranched alkanes of at least 4 members (excludes halogenated alkanes) is 1. The van der Waals surface area contributed by atoms with Crippen molar-refractivity contribution in [1.82, 2.24) is 0 Å². The summed E-state index contributed by atoms with van der Waals surface area (Å²) >= 11 is 11.8. The maximum atomic E-state index is 14.3. The molecular formula is C16H15Cl3FNO3S2. The molecule has 0 N–H and O–H groups in total. The second-order valence-electron chi connectivity index (χ2n) is 5.35. The van der Waals surface area contributed by atoms with Crippen molar-refractivity contribution >= 4 is 59.6 Å². The highest BCUT2D eigenvalue weighted by Crippen LogP contribution is 2.28. The van der Waals surface area contributed by atoms with E-state index < -0.39 is 25.9 Å². The first-order valence-corrected chi connectivity index (χ1v) is 11.8. The average molecular weight is 459 g/mol. The third-order valence-corrected chi connectivity index (χ3v) is 6.57. The summed E-state index contributed by atoms with van der Waals surface area (Å²) in [5.74, 6) is -0.796. The molecule has 2 aromatic rings. The van der Waals surface area contributed by atoms with Crippen LogP contribution in [0.15, 0.2) is 47.4 Å². The fourth-order valence-electron chi connectivity index (χ4n) is 2.18. The Balaban J connectivity index is 2.27. The van der Waals surface area contributed by atoms with Gasteiger partial charge in [-0.1, -0.05) is 23.2 Å². The number of benzene rings is 2. The van der Waals surface area contributed by atoms with Gasteiger partial charge in [0.05, 0.1) is 16.3 Å². The van der Waals surface area contributed by atoms with Crippen LogP contribution < -0.4 is 4.31 Å². The summed E-state index contributed by atoms with van der Waals surface area (Å²) in [4.78, 5) is 0.429. The van der Waals surface area contributed by atoms with E-state index in [9.17, 15) is 17.0 Å². The Morgan fingerprint density at radius 1 is 1.00 bits per heavy atom. The fraction of sp³-hybridized carbons (Fsp3) is 0.250. The van der Waals surface area contributed by atoms with Crippen LogP contribution in [0.4, 0.5) is 10.1 Å². The van der Waals surface area contributed by atoms with E-state index in [-0.39, 0.29) is 24.4 Å². The molecule has 26 heavy (non-hydrogen) atoms. The number of hydrogen-bond donors (Lipinski definition) is 0. The molecule has 4 nitrogen and oxygen atoms in total. The van der Waals surface area contributed by atoms with Gasteiger partial charge in [0.25, 0.3) is 0 Å². The number of nitrogens with zero attached hydrogens (tertiary/aromatic N) is 1. The molecule has 142 valence electrons. The molecule has 0 saturated carbocycles. The Morgan fingerprint density at radius 3 is 2.23 bits per heavy atom. The zero-order chi connectivity index (χ0) is 19.3. The van der Waals surface area contributed by atoms with E-state index in [4.69, 9.17) is 33.9 Å². The summed E-state index contributed by atoms with van der Waals surface area (Å²) in [5.41, 5.74) is 0.0690. The Morgan fingerprint density at radius 2 is 1.62 bits per heavy atom. The Labute approximate surface area is 168 Å². The zero-order valence-electron chi connectivity index (χ0n) is 13.4. The van der Waals surface area contributed by atoms with Gasteiger partial charge in [0.2, 0.25) is 9.05 Å². The summed E-state index contributed by atoms with van der Waals surface area (Å²) in [5, 5.41) is 0.779. The van der Waals surface area contributed by atoms with Gasteiger partial charge in [-0.05, 0) is 55.3 Å². The molecule has 0 saturated heterocycles. The van der Waals surface area contributed by atoms with Crippen molar-refractivity contribution < 1.29 is 17.0 Å². The van der Waals surface area contributed by atoms with Gasteiger partial charge in [-0.2, -0.15) is 0 Å². The normalized spacial score (nSPS) is 12.8. The molecule has 0 heterocycles. The molecule has 10 heteroatoms. The lowest BCUT2D eigenvalue weighted by Gasteiger charge is -2.24. The van der Waals surface area contributed by atoms with Crippen molar-refractivity contribution in [1.29, 1.82) is 0 Å². The lowest BCUT2D eigenvalue weighted by molar-refractivity contribution is 0.604. The van der Waals surface area contributed by atoms with E-state index in [0.717, 1.165) is 0 Å². The van der Waals surface area contributed by atoms with E-state index >= 15 is 0 Å². The lowest BCUT2D eigenvalue weighted by atomic mass is 10.3. The maximum Gasteiger partial charge on any atom is 0.232 e. The van der Waals surface area contributed by atoms with Crippen LogP contribution in [0.1, 0.15) is 12.8 Å². The fourth-order valence-corrected chi connectivity index (χ4v) is 4.58. The summed E-state index contributed by atoms with van der Waals surface area (Å²) in [6, 6.07) is 10.3. The van der Waals surface area contributed by atoms with E-state index in [1.165, 1.54) is 22.5 Å². The Hall–Kier alpha value is -0.860. The third kappa shape index (κ3) is 6.39. The average Bonchev–Trinajstić information content (AvgIpc) is 2.57. The summed E-state index contributed by atoms with van der Waals surface area (Å²) in [6.07, 6.45) is 0.597. The Bertz CT molecular complexity index is 892. The number of hydrogen-bond acceptors (Lipinski definition) is 3. The quantitative estimate of drug-likeness (QED) is 0.413. The molecule has 0 aliphatic rings. The molecule has 0 spiro atoms. The van der Waals surface area contributed by atoms with Gasteiger partial charge in [-0.25, -0.2) is 17.0 Å². The predicted molar refractivity (Wildman–Crippen MR) is 105 cm³/mol. The van der Waals surface area contributed by atoms with Gasteiger partial charge >= 0.3 is 0 Å². The second kappa shape index (κ2) is 9.37. The molecular weight excluding hydrogens is 444 g/mol. The van der Waals surface area contributed by atoms with E-state index in [0.29, 0.717) is 21.4 Å². The minimum atomic E-state index is -3.61. The van der Waals surface area contributed by atoms with Crippen molar-refractivity contribution in [2.45, 2.75) is 17.7 Å². The minimum Gasteiger partial charge on any atom is -0.285 e. The van der Waals surface area contributed by atoms with Crippen LogP contribution in [-0.2, 0) is 20.0 Å². The van der Waals surface area contributed by atoms with Gasteiger partial charge in [-0.15, -0.1) is 0 Å². The van der Waals surface area contributed by atoms with Crippen molar-refractivity contribution in [3.8, 4) is 0 Å². The highest BCUT2D eigenvalue weighted by molar-refractivity contribution is 8.13. The number of anilines is 1. The van der Waals surface area contributed by atoms with Gasteiger partial charge in [0.15, 0.2) is 11.0 Å². The lowest BCUT2D eigenvalue weighted by Crippen LogP contribution is -2.28. The first kappa shape index (κ1) is 21.4. The largest absolute Gasteiger partial charge is 0.285 e. The van der Waals surface area contributed by atoms with Gasteiger partial charge < -0.3 is 0 Å². The molecule has 2 aromatic carbocycles. The maximum absolute atomic E-state index is 14.3. The Kier molecular flexibility index (Phi) is 7.73. The molecule has 0 aromatic heterocycles. The van der Waals surface area contributed by atoms with Crippen molar-refractivity contribution in [2.24, 2.45) is 0 Å². The molecule has 0 aliphatic carbocycles. The standard InChI is InChI=1S/C16H15Cl3FNO3S2/c17-12-3-6-14(7-4-12)25(22)21(9-1-2-10-26(19,23)24)16-11-13(18)5-8-15(16)20/h3-8,11H,1-2,9-10H2. The van der Waals surface area contributed by atoms with Crippen LogP contribution in [0.25, 0.3) is 0 Å². The highest BCUT2D eigenvalue weighted by atomic mass is 35.7. The van der Waals surface area contributed by atoms with Crippen LogP contribution in [-0.4, -0.2) is 24.9 Å². The number of halogens is 4. The molecule has 0 aliphatic heterocycles. The predicted octanol–water partition coefficient (Wildman–Crippen LogP) is 5.01. The topological polar surface area (TPSA) is 54.5 Å². The molecule has 2 rings (SSSR count). The first-order valence-electron chi connectivity index (χ1n) is 7.50. The van der Waals surface area contributed by atoms with E-state index in [1.54, 1.807) is 24.3 Å². The molecule has 1 unspecified atom stereocenters. The monoisotopic (exact) mass is 457 g/mol. The van der Waals surface area contributed by atoms with Crippen LogP contribution in [0.3, 0.4) is 0 Å². The van der Waals surface area contributed by atoms with Crippen LogP contribution >= 0.6 is 33.9 Å². The SMILES string of the molecule is O=S(c1ccc(Cl)cc1)N(CCCCS(=O)(=O)Cl)c1cc(Cl)ccc1F. The van der Waals surface area contributed by atoms with Gasteiger partial charge in [-0.3, -0.25) is 4.31 Å².